The largest absolute Gasteiger partial charge is 0.345 e. The van der Waals surface area contributed by atoms with Gasteiger partial charge < -0.3 is 10.2 Å². The van der Waals surface area contributed by atoms with E-state index in [-0.39, 0.29) is 5.92 Å². The second kappa shape index (κ2) is 4.30. The van der Waals surface area contributed by atoms with Crippen molar-refractivity contribution in [2.45, 2.75) is 25.7 Å². The third kappa shape index (κ3) is 2.47. The van der Waals surface area contributed by atoms with E-state index in [4.69, 9.17) is 0 Å². The lowest BCUT2D eigenvalue weighted by Crippen LogP contribution is -2.42. The van der Waals surface area contributed by atoms with Crippen LogP contribution in [0, 0.1) is 11.8 Å². The van der Waals surface area contributed by atoms with Crippen LogP contribution in [0.15, 0.2) is 0 Å². The van der Waals surface area contributed by atoms with Crippen LogP contribution in [0.25, 0.3) is 0 Å². The predicted octanol–water partition coefficient (Wildman–Crippen LogP) is 0.854. The summed E-state index contributed by atoms with van der Waals surface area (Å²) in [5.74, 6) is 1.40. The van der Waals surface area contributed by atoms with Gasteiger partial charge in [0.1, 0.15) is 0 Å². The van der Waals surface area contributed by atoms with Gasteiger partial charge in [-0.1, -0.05) is 0 Å². The van der Waals surface area contributed by atoms with Crippen LogP contribution in [0.1, 0.15) is 25.7 Å². The second-order valence-corrected chi connectivity index (χ2v) is 4.71. The molecule has 1 aliphatic carbocycles. The third-order valence-corrected chi connectivity index (χ3v) is 3.25. The summed E-state index contributed by atoms with van der Waals surface area (Å²) >= 11 is 0. The maximum Gasteiger partial charge on any atom is 0.226 e. The molecule has 0 aromatic rings. The number of rotatable bonds is 3. The molecule has 2 aliphatic rings. The van der Waals surface area contributed by atoms with Crippen LogP contribution in [-0.4, -0.2) is 37.5 Å². The molecule has 2 rings (SSSR count). The normalized spacial score (nSPS) is 27.4. The van der Waals surface area contributed by atoms with E-state index in [1.807, 2.05) is 11.9 Å². The van der Waals surface area contributed by atoms with Crippen molar-refractivity contribution in [3.8, 4) is 0 Å². The first-order valence-corrected chi connectivity index (χ1v) is 5.73. The minimum absolute atomic E-state index is 0.243. The Kier molecular flexibility index (Phi) is 3.06. The summed E-state index contributed by atoms with van der Waals surface area (Å²) in [5, 5.41) is 3.29. The van der Waals surface area contributed by atoms with Crippen molar-refractivity contribution in [2.75, 3.05) is 26.7 Å². The zero-order valence-electron chi connectivity index (χ0n) is 8.96. The Balaban J connectivity index is 1.79. The fourth-order valence-electron chi connectivity index (χ4n) is 2.15. The average Bonchev–Trinajstić information content (AvgIpc) is 3.02. The molecule has 1 amide bonds. The van der Waals surface area contributed by atoms with Crippen LogP contribution in [0.5, 0.6) is 0 Å². The van der Waals surface area contributed by atoms with Gasteiger partial charge in [-0.15, -0.1) is 0 Å². The number of piperidine rings is 1. The summed E-state index contributed by atoms with van der Waals surface area (Å²) in [5.41, 5.74) is 0. The van der Waals surface area contributed by atoms with E-state index < -0.39 is 0 Å². The van der Waals surface area contributed by atoms with Gasteiger partial charge in [-0.2, -0.15) is 0 Å². The second-order valence-electron chi connectivity index (χ2n) is 4.71. The lowest BCUT2D eigenvalue weighted by atomic mass is 9.98. The number of hydrogen-bond acceptors (Lipinski definition) is 2. The highest BCUT2D eigenvalue weighted by atomic mass is 16.2. The minimum Gasteiger partial charge on any atom is -0.345 e. The third-order valence-electron chi connectivity index (χ3n) is 3.25. The van der Waals surface area contributed by atoms with Gasteiger partial charge >= 0.3 is 0 Å². The maximum atomic E-state index is 11.9. The molecule has 1 saturated carbocycles. The van der Waals surface area contributed by atoms with Crippen LogP contribution >= 0.6 is 0 Å². The first-order valence-electron chi connectivity index (χ1n) is 5.73. The van der Waals surface area contributed by atoms with E-state index >= 15 is 0 Å². The van der Waals surface area contributed by atoms with Crippen LogP contribution < -0.4 is 5.32 Å². The zero-order valence-corrected chi connectivity index (χ0v) is 8.96. The van der Waals surface area contributed by atoms with Gasteiger partial charge in [-0.25, -0.2) is 0 Å². The van der Waals surface area contributed by atoms with Gasteiger partial charge in [-0.05, 0) is 38.1 Å². The maximum absolute atomic E-state index is 11.9. The molecule has 1 atom stereocenters. The number of carbonyl (C=O) groups excluding carboxylic acids is 1. The quantitative estimate of drug-likeness (QED) is 0.726. The van der Waals surface area contributed by atoms with E-state index in [9.17, 15) is 4.79 Å². The summed E-state index contributed by atoms with van der Waals surface area (Å²) in [7, 11) is 1.95. The van der Waals surface area contributed by atoms with Gasteiger partial charge in [0.2, 0.25) is 5.91 Å². The van der Waals surface area contributed by atoms with Crippen molar-refractivity contribution in [1.29, 1.82) is 0 Å². The lowest BCUT2D eigenvalue weighted by Gasteiger charge is -2.27. The van der Waals surface area contributed by atoms with Gasteiger partial charge in [0.15, 0.2) is 0 Å². The van der Waals surface area contributed by atoms with Gasteiger partial charge in [-0.3, -0.25) is 4.79 Å². The fraction of sp³-hybridized carbons (Fsp3) is 0.909. The highest BCUT2D eigenvalue weighted by Crippen LogP contribution is 2.29. The Morgan fingerprint density at radius 1 is 1.43 bits per heavy atom. The van der Waals surface area contributed by atoms with E-state index in [1.54, 1.807) is 0 Å². The van der Waals surface area contributed by atoms with Gasteiger partial charge in [0, 0.05) is 20.1 Å². The summed E-state index contributed by atoms with van der Waals surface area (Å²) in [6.07, 6.45) is 4.86. The summed E-state index contributed by atoms with van der Waals surface area (Å²) < 4.78 is 0. The number of nitrogens with zero attached hydrogens (tertiary/aromatic N) is 1. The van der Waals surface area contributed by atoms with Crippen LogP contribution in [-0.2, 0) is 4.79 Å². The van der Waals surface area contributed by atoms with E-state index in [0.717, 1.165) is 38.4 Å². The Morgan fingerprint density at radius 2 is 2.21 bits per heavy atom. The topological polar surface area (TPSA) is 32.3 Å². The molecule has 0 bridgehead atoms. The van der Waals surface area contributed by atoms with E-state index in [1.165, 1.54) is 12.8 Å². The Hall–Kier alpha value is -0.570. The first-order chi connectivity index (χ1) is 6.77. The van der Waals surface area contributed by atoms with Crippen LogP contribution in [0.3, 0.4) is 0 Å². The van der Waals surface area contributed by atoms with E-state index in [0.29, 0.717) is 5.91 Å². The monoisotopic (exact) mass is 196 g/mol. The molecule has 80 valence electrons. The predicted molar refractivity (Wildman–Crippen MR) is 56.0 cm³/mol. The number of carbonyl (C=O) groups is 1. The Morgan fingerprint density at radius 3 is 2.79 bits per heavy atom. The summed E-state index contributed by atoms with van der Waals surface area (Å²) in [4.78, 5) is 13.9. The fourth-order valence-corrected chi connectivity index (χ4v) is 2.15. The highest BCUT2D eigenvalue weighted by Gasteiger charge is 2.28. The van der Waals surface area contributed by atoms with Crippen LogP contribution in [0.4, 0.5) is 0 Å². The molecule has 3 nitrogen and oxygen atoms in total. The average molecular weight is 196 g/mol. The SMILES string of the molecule is CN(CC1CC1)C(=O)C1CCCNC1. The van der Waals surface area contributed by atoms with Crippen LogP contribution in [0.2, 0.25) is 0 Å². The van der Waals surface area contributed by atoms with Crippen molar-refractivity contribution >= 4 is 5.91 Å². The van der Waals surface area contributed by atoms with Crippen molar-refractivity contribution in [3.63, 3.8) is 0 Å². The lowest BCUT2D eigenvalue weighted by molar-refractivity contribution is -0.134. The molecule has 1 aliphatic heterocycles. The summed E-state index contributed by atoms with van der Waals surface area (Å²) in [6, 6.07) is 0. The van der Waals surface area contributed by atoms with Crippen molar-refractivity contribution < 1.29 is 4.79 Å². The number of amides is 1. The first kappa shape index (κ1) is 9.97. The Labute approximate surface area is 85.8 Å². The molecule has 2 fully saturated rings. The standard InChI is InChI=1S/C11H20N2O/c1-13(8-9-4-5-9)11(14)10-3-2-6-12-7-10/h9-10,12H,2-8H2,1H3. The minimum atomic E-state index is 0.243. The molecule has 14 heavy (non-hydrogen) atoms. The molecule has 1 unspecified atom stereocenters. The molecule has 0 aromatic heterocycles. The Bertz CT molecular complexity index is 207. The molecule has 1 heterocycles. The molecular formula is C11H20N2O. The van der Waals surface area contributed by atoms with Gasteiger partial charge in [0.05, 0.1) is 5.92 Å². The molecule has 1 N–H and O–H groups in total. The van der Waals surface area contributed by atoms with Gasteiger partial charge in [0.25, 0.3) is 0 Å². The molecular weight excluding hydrogens is 176 g/mol. The molecule has 1 saturated heterocycles. The van der Waals surface area contributed by atoms with Crippen molar-refractivity contribution in [3.05, 3.63) is 0 Å². The van der Waals surface area contributed by atoms with Crippen molar-refractivity contribution in [1.82, 2.24) is 10.2 Å². The molecule has 3 heteroatoms. The summed E-state index contributed by atoms with van der Waals surface area (Å²) in [6.45, 7) is 2.94. The number of nitrogens with one attached hydrogen (secondary N) is 1. The molecule has 0 radical (unpaired) electrons. The highest BCUT2D eigenvalue weighted by molar-refractivity contribution is 5.78. The smallest absolute Gasteiger partial charge is 0.226 e. The van der Waals surface area contributed by atoms with E-state index in [2.05, 4.69) is 5.32 Å². The molecule has 0 aromatic carbocycles. The number of hydrogen-bond donors (Lipinski definition) is 1. The zero-order chi connectivity index (χ0) is 9.97. The van der Waals surface area contributed by atoms with Crippen molar-refractivity contribution in [2.24, 2.45) is 11.8 Å². The molecule has 0 spiro atoms.